The summed E-state index contributed by atoms with van der Waals surface area (Å²) in [5.74, 6) is -0.259. The van der Waals surface area contributed by atoms with Crippen LogP contribution in [0.15, 0.2) is 41.8 Å². The van der Waals surface area contributed by atoms with Crippen LogP contribution in [0.1, 0.15) is 16.9 Å². The summed E-state index contributed by atoms with van der Waals surface area (Å²) in [4.78, 5) is 27.5. The molecule has 0 aliphatic carbocycles. The Labute approximate surface area is 140 Å². The third-order valence-electron chi connectivity index (χ3n) is 4.06. The summed E-state index contributed by atoms with van der Waals surface area (Å²) in [5, 5.41) is 4.99. The molecule has 1 atom stereocenters. The largest absolute Gasteiger partial charge is 0.355 e. The van der Waals surface area contributed by atoms with Crippen molar-refractivity contribution in [1.82, 2.24) is 5.32 Å². The summed E-state index contributed by atoms with van der Waals surface area (Å²) >= 11 is 1.69. The standard InChI is InChI=1S/C18H20N2O2S/c1-13-4-2-5-15(10-13)20-12-14(11-17(20)21)18(22)19-8-7-16-6-3-9-23-16/h2-6,9-10,14H,7-8,11-12H2,1H3,(H,19,22). The Balaban J connectivity index is 1.55. The molecule has 1 aliphatic heterocycles. The quantitative estimate of drug-likeness (QED) is 0.917. The maximum Gasteiger partial charge on any atom is 0.227 e. The molecule has 1 unspecified atom stereocenters. The molecule has 1 N–H and O–H groups in total. The number of benzene rings is 1. The van der Waals surface area contributed by atoms with E-state index < -0.39 is 0 Å². The number of anilines is 1. The van der Waals surface area contributed by atoms with Crippen molar-refractivity contribution in [1.29, 1.82) is 0 Å². The Bertz CT molecular complexity index is 697. The molecule has 3 rings (SSSR count). The van der Waals surface area contributed by atoms with Gasteiger partial charge in [0, 0.05) is 30.1 Å². The molecule has 2 amide bonds. The number of hydrogen-bond acceptors (Lipinski definition) is 3. The van der Waals surface area contributed by atoms with Gasteiger partial charge in [0.1, 0.15) is 0 Å². The second-order valence-corrected chi connectivity index (χ2v) is 6.90. The molecule has 1 saturated heterocycles. The average Bonchev–Trinajstić information content (AvgIpc) is 3.16. The van der Waals surface area contributed by atoms with Crippen LogP contribution in [-0.4, -0.2) is 24.9 Å². The van der Waals surface area contributed by atoms with Crippen molar-refractivity contribution in [2.24, 2.45) is 5.92 Å². The van der Waals surface area contributed by atoms with Crippen LogP contribution in [0.5, 0.6) is 0 Å². The SMILES string of the molecule is Cc1cccc(N2CC(C(=O)NCCc3cccs3)CC2=O)c1. The summed E-state index contributed by atoms with van der Waals surface area (Å²) in [6, 6.07) is 11.9. The van der Waals surface area contributed by atoms with Crippen LogP contribution in [0.4, 0.5) is 5.69 Å². The molecule has 0 radical (unpaired) electrons. The highest BCUT2D eigenvalue weighted by molar-refractivity contribution is 7.09. The molecule has 1 aliphatic rings. The van der Waals surface area contributed by atoms with Crippen LogP contribution in [0.3, 0.4) is 0 Å². The number of hydrogen-bond donors (Lipinski definition) is 1. The number of aryl methyl sites for hydroxylation is 1. The van der Waals surface area contributed by atoms with Crippen LogP contribution in [-0.2, 0) is 16.0 Å². The third kappa shape index (κ3) is 3.79. The van der Waals surface area contributed by atoms with Crippen LogP contribution in [0, 0.1) is 12.8 Å². The van der Waals surface area contributed by atoms with Crippen LogP contribution < -0.4 is 10.2 Å². The molecule has 5 heteroatoms. The highest BCUT2D eigenvalue weighted by Gasteiger charge is 2.34. The van der Waals surface area contributed by atoms with E-state index in [4.69, 9.17) is 0 Å². The first-order chi connectivity index (χ1) is 11.1. The van der Waals surface area contributed by atoms with Gasteiger partial charge in [-0.25, -0.2) is 0 Å². The fourth-order valence-electron chi connectivity index (χ4n) is 2.84. The summed E-state index contributed by atoms with van der Waals surface area (Å²) < 4.78 is 0. The van der Waals surface area contributed by atoms with Crippen molar-refractivity contribution in [3.63, 3.8) is 0 Å². The van der Waals surface area contributed by atoms with E-state index in [1.807, 2.05) is 42.6 Å². The molecule has 0 bridgehead atoms. The van der Waals surface area contributed by atoms with Gasteiger partial charge in [0.25, 0.3) is 0 Å². The van der Waals surface area contributed by atoms with Gasteiger partial charge in [-0.05, 0) is 42.5 Å². The molecule has 2 aromatic rings. The van der Waals surface area contributed by atoms with Crippen molar-refractivity contribution in [3.8, 4) is 0 Å². The average molecular weight is 328 g/mol. The number of carbonyl (C=O) groups excluding carboxylic acids is 2. The van der Waals surface area contributed by atoms with E-state index in [0.29, 0.717) is 19.5 Å². The number of nitrogens with one attached hydrogen (secondary N) is 1. The highest BCUT2D eigenvalue weighted by Crippen LogP contribution is 2.25. The summed E-state index contributed by atoms with van der Waals surface area (Å²) in [6.45, 7) is 3.08. The van der Waals surface area contributed by atoms with E-state index in [0.717, 1.165) is 17.7 Å². The molecule has 0 spiro atoms. The van der Waals surface area contributed by atoms with E-state index >= 15 is 0 Å². The fraction of sp³-hybridized carbons (Fsp3) is 0.333. The Morgan fingerprint density at radius 2 is 2.22 bits per heavy atom. The second kappa shape index (κ2) is 6.96. The van der Waals surface area contributed by atoms with E-state index in [1.54, 1.807) is 16.2 Å². The van der Waals surface area contributed by atoms with Gasteiger partial charge in [0.05, 0.1) is 5.92 Å². The Hall–Kier alpha value is -2.14. The van der Waals surface area contributed by atoms with Crippen LogP contribution in [0.2, 0.25) is 0 Å². The fourth-order valence-corrected chi connectivity index (χ4v) is 3.55. The van der Waals surface area contributed by atoms with Gasteiger partial charge in [-0.1, -0.05) is 18.2 Å². The number of rotatable bonds is 5. The lowest BCUT2D eigenvalue weighted by Crippen LogP contribution is -2.34. The lowest BCUT2D eigenvalue weighted by molar-refractivity contribution is -0.126. The molecular weight excluding hydrogens is 308 g/mol. The molecule has 4 nitrogen and oxygen atoms in total. The van der Waals surface area contributed by atoms with E-state index in [-0.39, 0.29) is 17.7 Å². The molecule has 1 aromatic heterocycles. The van der Waals surface area contributed by atoms with Gasteiger partial charge in [-0.3, -0.25) is 9.59 Å². The Kier molecular flexibility index (Phi) is 4.76. The zero-order valence-electron chi connectivity index (χ0n) is 13.1. The highest BCUT2D eigenvalue weighted by atomic mass is 32.1. The monoisotopic (exact) mass is 328 g/mol. The molecule has 2 heterocycles. The zero-order chi connectivity index (χ0) is 16.2. The normalized spacial score (nSPS) is 17.5. The lowest BCUT2D eigenvalue weighted by Gasteiger charge is -2.17. The first-order valence-corrected chi connectivity index (χ1v) is 8.68. The van der Waals surface area contributed by atoms with Crippen LogP contribution in [0.25, 0.3) is 0 Å². The number of thiophene rings is 1. The minimum absolute atomic E-state index is 0.0222. The predicted octanol–water partition coefficient (Wildman–Crippen LogP) is 2.77. The summed E-state index contributed by atoms with van der Waals surface area (Å²) in [5.41, 5.74) is 1.99. The van der Waals surface area contributed by atoms with Crippen LogP contribution >= 0.6 is 11.3 Å². The second-order valence-electron chi connectivity index (χ2n) is 5.86. The van der Waals surface area contributed by atoms with E-state index in [1.165, 1.54) is 4.88 Å². The van der Waals surface area contributed by atoms with Gasteiger partial charge in [0.15, 0.2) is 0 Å². The maximum atomic E-state index is 12.3. The number of nitrogens with zero attached hydrogens (tertiary/aromatic N) is 1. The zero-order valence-corrected chi connectivity index (χ0v) is 13.9. The van der Waals surface area contributed by atoms with Crippen molar-refractivity contribution in [3.05, 3.63) is 52.2 Å². The first kappa shape index (κ1) is 15.7. The Morgan fingerprint density at radius 3 is 2.96 bits per heavy atom. The van der Waals surface area contributed by atoms with Crippen molar-refractivity contribution >= 4 is 28.8 Å². The number of amides is 2. The molecular formula is C18H20N2O2S. The van der Waals surface area contributed by atoms with Gasteiger partial charge in [0.2, 0.25) is 11.8 Å². The van der Waals surface area contributed by atoms with Gasteiger partial charge < -0.3 is 10.2 Å². The maximum absolute atomic E-state index is 12.3. The predicted molar refractivity (Wildman–Crippen MR) is 92.7 cm³/mol. The molecule has 0 saturated carbocycles. The lowest BCUT2D eigenvalue weighted by atomic mass is 10.1. The molecule has 1 aromatic carbocycles. The van der Waals surface area contributed by atoms with Gasteiger partial charge in [-0.15, -0.1) is 11.3 Å². The van der Waals surface area contributed by atoms with Gasteiger partial charge >= 0.3 is 0 Å². The smallest absolute Gasteiger partial charge is 0.227 e. The van der Waals surface area contributed by atoms with Crippen molar-refractivity contribution in [2.45, 2.75) is 19.8 Å². The molecule has 120 valence electrons. The molecule has 23 heavy (non-hydrogen) atoms. The minimum atomic E-state index is -0.258. The van der Waals surface area contributed by atoms with Gasteiger partial charge in [-0.2, -0.15) is 0 Å². The van der Waals surface area contributed by atoms with Crippen molar-refractivity contribution in [2.75, 3.05) is 18.0 Å². The summed E-state index contributed by atoms with van der Waals surface area (Å²) in [7, 11) is 0. The Morgan fingerprint density at radius 1 is 1.35 bits per heavy atom. The van der Waals surface area contributed by atoms with E-state index in [9.17, 15) is 9.59 Å². The summed E-state index contributed by atoms with van der Waals surface area (Å²) in [6.07, 6.45) is 1.13. The molecule has 1 fully saturated rings. The first-order valence-electron chi connectivity index (χ1n) is 7.80. The topological polar surface area (TPSA) is 49.4 Å². The minimum Gasteiger partial charge on any atom is -0.355 e. The van der Waals surface area contributed by atoms with Crippen molar-refractivity contribution < 1.29 is 9.59 Å². The van der Waals surface area contributed by atoms with E-state index in [2.05, 4.69) is 11.4 Å². The number of carbonyl (C=O) groups is 2. The third-order valence-corrected chi connectivity index (χ3v) is 5.00.